The second kappa shape index (κ2) is 6.06. The highest BCUT2D eigenvalue weighted by Gasteiger charge is 2.16. The summed E-state index contributed by atoms with van der Waals surface area (Å²) in [5, 5.41) is 10.9. The number of nitrogens with one attached hydrogen (secondary N) is 1. The SMILES string of the molecule is Cc1ccc([N+](=O)[O-])c(OCc2ccc(C(=O)NN)o2)c1. The fourth-order valence-corrected chi connectivity index (χ4v) is 1.69. The van der Waals surface area contributed by atoms with Crippen LogP contribution in [0.25, 0.3) is 0 Å². The number of carbonyl (C=O) groups excluding carboxylic acids is 1. The summed E-state index contributed by atoms with van der Waals surface area (Å²) in [7, 11) is 0. The number of nitrogens with two attached hydrogens (primary N) is 1. The summed E-state index contributed by atoms with van der Waals surface area (Å²) < 4.78 is 10.6. The van der Waals surface area contributed by atoms with E-state index in [1.54, 1.807) is 19.1 Å². The predicted octanol–water partition coefficient (Wildman–Crippen LogP) is 1.68. The van der Waals surface area contributed by atoms with Gasteiger partial charge < -0.3 is 9.15 Å². The first-order valence-corrected chi connectivity index (χ1v) is 5.98. The molecule has 0 bridgehead atoms. The molecule has 21 heavy (non-hydrogen) atoms. The van der Waals surface area contributed by atoms with Crippen LogP contribution >= 0.6 is 0 Å². The largest absolute Gasteiger partial charge is 0.479 e. The van der Waals surface area contributed by atoms with Crippen molar-refractivity contribution < 1.29 is 18.9 Å². The van der Waals surface area contributed by atoms with Crippen LogP contribution in [-0.2, 0) is 6.61 Å². The molecule has 2 rings (SSSR count). The Morgan fingerprint density at radius 3 is 2.86 bits per heavy atom. The lowest BCUT2D eigenvalue weighted by atomic mass is 10.2. The number of nitrogen functional groups attached to an aromatic ring is 1. The molecule has 1 amide bonds. The Morgan fingerprint density at radius 1 is 1.43 bits per heavy atom. The highest BCUT2D eigenvalue weighted by atomic mass is 16.6. The first kappa shape index (κ1) is 14.5. The molecular weight excluding hydrogens is 278 g/mol. The van der Waals surface area contributed by atoms with Gasteiger partial charge in [-0.1, -0.05) is 6.07 Å². The first-order chi connectivity index (χ1) is 10.0. The smallest absolute Gasteiger partial charge is 0.310 e. The van der Waals surface area contributed by atoms with Gasteiger partial charge in [-0.3, -0.25) is 20.3 Å². The van der Waals surface area contributed by atoms with Crippen LogP contribution in [0.3, 0.4) is 0 Å². The average molecular weight is 291 g/mol. The molecule has 3 N–H and O–H groups in total. The van der Waals surface area contributed by atoms with E-state index in [-0.39, 0.29) is 23.8 Å². The number of hydrazine groups is 1. The number of amides is 1. The summed E-state index contributed by atoms with van der Waals surface area (Å²) in [6, 6.07) is 7.54. The molecule has 1 aromatic heterocycles. The van der Waals surface area contributed by atoms with Crippen molar-refractivity contribution in [3.63, 3.8) is 0 Å². The van der Waals surface area contributed by atoms with Crippen LogP contribution in [0, 0.1) is 17.0 Å². The van der Waals surface area contributed by atoms with Gasteiger partial charge in [-0.05, 0) is 30.7 Å². The number of nitrogens with zero attached hydrogens (tertiary/aromatic N) is 1. The number of hydrogen-bond acceptors (Lipinski definition) is 6. The topological polar surface area (TPSA) is 121 Å². The summed E-state index contributed by atoms with van der Waals surface area (Å²) in [6.07, 6.45) is 0. The van der Waals surface area contributed by atoms with E-state index in [0.29, 0.717) is 5.76 Å². The van der Waals surface area contributed by atoms with E-state index >= 15 is 0 Å². The van der Waals surface area contributed by atoms with Gasteiger partial charge in [0.25, 0.3) is 0 Å². The van der Waals surface area contributed by atoms with Gasteiger partial charge in [-0.15, -0.1) is 0 Å². The zero-order chi connectivity index (χ0) is 15.4. The van der Waals surface area contributed by atoms with Crippen LogP contribution in [0.2, 0.25) is 0 Å². The van der Waals surface area contributed by atoms with E-state index in [2.05, 4.69) is 0 Å². The maximum atomic E-state index is 11.2. The summed E-state index contributed by atoms with van der Waals surface area (Å²) in [5.74, 6) is 4.94. The minimum Gasteiger partial charge on any atom is -0.479 e. The van der Waals surface area contributed by atoms with Crippen LogP contribution in [0.15, 0.2) is 34.7 Å². The van der Waals surface area contributed by atoms with Crippen molar-refractivity contribution in [3.05, 3.63) is 57.5 Å². The minimum absolute atomic E-state index is 0.0369. The molecule has 1 aromatic carbocycles. The Hall–Kier alpha value is -2.87. The Labute approximate surface area is 119 Å². The standard InChI is InChI=1S/C13H13N3O5/c1-8-2-4-10(16(18)19)12(6-8)20-7-9-3-5-11(21-9)13(17)15-14/h2-6H,7,14H2,1H3,(H,15,17). The molecule has 2 aromatic rings. The highest BCUT2D eigenvalue weighted by molar-refractivity contribution is 5.90. The maximum Gasteiger partial charge on any atom is 0.310 e. The zero-order valence-corrected chi connectivity index (χ0v) is 11.2. The van der Waals surface area contributed by atoms with E-state index in [9.17, 15) is 14.9 Å². The minimum atomic E-state index is -0.567. The molecule has 0 fully saturated rings. The molecular formula is C13H13N3O5. The van der Waals surface area contributed by atoms with Crippen molar-refractivity contribution in [2.45, 2.75) is 13.5 Å². The van der Waals surface area contributed by atoms with Gasteiger partial charge >= 0.3 is 11.6 Å². The van der Waals surface area contributed by atoms with E-state index in [4.69, 9.17) is 15.0 Å². The summed E-state index contributed by atoms with van der Waals surface area (Å²) in [4.78, 5) is 21.6. The van der Waals surface area contributed by atoms with Crippen molar-refractivity contribution in [2.75, 3.05) is 0 Å². The number of aryl methyl sites for hydroxylation is 1. The fraction of sp³-hybridized carbons (Fsp3) is 0.154. The molecule has 0 saturated heterocycles. The molecule has 110 valence electrons. The molecule has 0 saturated carbocycles. The third kappa shape index (κ3) is 3.37. The number of furan rings is 1. The van der Waals surface area contributed by atoms with Gasteiger partial charge in [-0.25, -0.2) is 5.84 Å². The van der Waals surface area contributed by atoms with Crippen molar-refractivity contribution in [2.24, 2.45) is 5.84 Å². The fourth-order valence-electron chi connectivity index (χ4n) is 1.69. The Morgan fingerprint density at radius 2 is 2.19 bits per heavy atom. The van der Waals surface area contributed by atoms with Crippen LogP contribution in [0.1, 0.15) is 21.9 Å². The Bertz CT molecular complexity index is 680. The third-order valence-electron chi connectivity index (χ3n) is 2.70. The van der Waals surface area contributed by atoms with Crippen LogP contribution in [-0.4, -0.2) is 10.8 Å². The molecule has 1 heterocycles. The van der Waals surface area contributed by atoms with Crippen LogP contribution in [0.5, 0.6) is 5.75 Å². The Kier molecular flexibility index (Phi) is 4.19. The summed E-state index contributed by atoms with van der Waals surface area (Å²) >= 11 is 0. The quantitative estimate of drug-likeness (QED) is 0.374. The molecule has 0 aliphatic carbocycles. The lowest BCUT2D eigenvalue weighted by Crippen LogP contribution is -2.29. The average Bonchev–Trinajstić information content (AvgIpc) is 2.93. The monoisotopic (exact) mass is 291 g/mol. The van der Waals surface area contributed by atoms with E-state index in [1.807, 2.05) is 5.43 Å². The molecule has 0 spiro atoms. The number of ether oxygens (including phenoxy) is 1. The maximum absolute atomic E-state index is 11.2. The normalized spacial score (nSPS) is 10.2. The molecule has 0 aliphatic rings. The van der Waals surface area contributed by atoms with Crippen LogP contribution < -0.4 is 16.0 Å². The van der Waals surface area contributed by atoms with Gasteiger partial charge in [0, 0.05) is 6.07 Å². The number of nitro groups is 1. The number of rotatable bonds is 5. The van der Waals surface area contributed by atoms with Gasteiger partial charge in [0.1, 0.15) is 12.4 Å². The molecule has 8 heteroatoms. The summed E-state index contributed by atoms with van der Waals surface area (Å²) in [6.45, 7) is 1.76. The first-order valence-electron chi connectivity index (χ1n) is 5.98. The molecule has 0 aliphatic heterocycles. The predicted molar refractivity (Wildman–Crippen MR) is 72.5 cm³/mol. The van der Waals surface area contributed by atoms with Crippen LogP contribution in [0.4, 0.5) is 5.69 Å². The second-order valence-corrected chi connectivity index (χ2v) is 4.26. The van der Waals surface area contributed by atoms with E-state index < -0.39 is 10.8 Å². The number of nitro benzene ring substituents is 1. The number of benzene rings is 1. The lowest BCUT2D eigenvalue weighted by molar-refractivity contribution is -0.386. The number of carbonyl (C=O) groups is 1. The Balaban J connectivity index is 2.13. The van der Waals surface area contributed by atoms with Crippen molar-refractivity contribution >= 4 is 11.6 Å². The van der Waals surface area contributed by atoms with Gasteiger partial charge in [0.2, 0.25) is 0 Å². The van der Waals surface area contributed by atoms with Crippen molar-refractivity contribution in [3.8, 4) is 5.75 Å². The van der Waals surface area contributed by atoms with E-state index in [0.717, 1.165) is 5.56 Å². The molecule has 0 unspecified atom stereocenters. The van der Waals surface area contributed by atoms with Gasteiger partial charge in [0.05, 0.1) is 4.92 Å². The third-order valence-corrected chi connectivity index (χ3v) is 2.70. The zero-order valence-electron chi connectivity index (χ0n) is 11.2. The molecule has 8 nitrogen and oxygen atoms in total. The second-order valence-electron chi connectivity index (χ2n) is 4.26. The number of hydrogen-bond donors (Lipinski definition) is 2. The van der Waals surface area contributed by atoms with Gasteiger partial charge in [0.15, 0.2) is 11.5 Å². The highest BCUT2D eigenvalue weighted by Crippen LogP contribution is 2.28. The molecule has 0 radical (unpaired) electrons. The van der Waals surface area contributed by atoms with Gasteiger partial charge in [-0.2, -0.15) is 0 Å². The lowest BCUT2D eigenvalue weighted by Gasteiger charge is -2.06. The van der Waals surface area contributed by atoms with Crippen molar-refractivity contribution in [1.29, 1.82) is 0 Å². The molecule has 0 atom stereocenters. The summed E-state index contributed by atoms with van der Waals surface area (Å²) in [5.41, 5.74) is 2.64. The van der Waals surface area contributed by atoms with E-state index in [1.165, 1.54) is 18.2 Å². The van der Waals surface area contributed by atoms with Crippen molar-refractivity contribution in [1.82, 2.24) is 5.43 Å².